The van der Waals surface area contributed by atoms with Gasteiger partial charge in [-0.05, 0) is 31.0 Å². The smallest absolute Gasteiger partial charge is 0.323 e. The van der Waals surface area contributed by atoms with Gasteiger partial charge in [0.25, 0.3) is 0 Å². The maximum atomic E-state index is 12.0. The van der Waals surface area contributed by atoms with E-state index in [1.165, 1.54) is 32.9 Å². The van der Waals surface area contributed by atoms with Gasteiger partial charge in [0.05, 0.1) is 0 Å². The van der Waals surface area contributed by atoms with Crippen molar-refractivity contribution in [1.82, 2.24) is 0 Å². The van der Waals surface area contributed by atoms with E-state index in [0.717, 1.165) is 0 Å². The summed E-state index contributed by atoms with van der Waals surface area (Å²) in [5.74, 6) is -2.20. The average Bonchev–Trinajstić information content (AvgIpc) is 2.54. The Bertz CT molecular complexity index is 715. The van der Waals surface area contributed by atoms with Crippen molar-refractivity contribution in [2.75, 3.05) is 6.61 Å². The minimum atomic E-state index is -0.991. The van der Waals surface area contributed by atoms with Gasteiger partial charge >= 0.3 is 23.9 Å². The second kappa shape index (κ2) is 10.3. The number of rotatable bonds is 8. The maximum absolute atomic E-state index is 12.0. The van der Waals surface area contributed by atoms with E-state index in [4.69, 9.17) is 24.7 Å². The lowest BCUT2D eigenvalue weighted by Gasteiger charge is -2.17. The second-order valence-corrected chi connectivity index (χ2v) is 5.83. The van der Waals surface area contributed by atoms with Crippen LogP contribution in [-0.4, -0.2) is 42.6 Å². The molecule has 0 aliphatic carbocycles. The molecule has 2 atom stereocenters. The van der Waals surface area contributed by atoms with Gasteiger partial charge < -0.3 is 24.7 Å². The fraction of sp³-hybridized carbons (Fsp3) is 0.444. The van der Waals surface area contributed by atoms with E-state index in [2.05, 4.69) is 0 Å². The number of esters is 4. The Kier molecular flexibility index (Phi) is 8.40. The van der Waals surface area contributed by atoms with Gasteiger partial charge in [0, 0.05) is 20.8 Å². The molecular formula is C18H23NO8. The van der Waals surface area contributed by atoms with Crippen LogP contribution in [0.1, 0.15) is 33.3 Å². The van der Waals surface area contributed by atoms with Gasteiger partial charge in [-0.2, -0.15) is 0 Å². The SMILES string of the molecule is CC(=O)OC[C@@H](C)OC(=O)[C@@H](N)Cc1ccc(OC(C)=O)c(OC(C)=O)c1. The second-order valence-electron chi connectivity index (χ2n) is 5.83. The first kappa shape index (κ1) is 22.1. The van der Waals surface area contributed by atoms with Crippen molar-refractivity contribution in [2.45, 2.75) is 46.3 Å². The molecule has 0 aliphatic rings. The van der Waals surface area contributed by atoms with Crippen molar-refractivity contribution in [3.63, 3.8) is 0 Å². The van der Waals surface area contributed by atoms with Crippen LogP contribution < -0.4 is 15.2 Å². The summed E-state index contributed by atoms with van der Waals surface area (Å²) in [5, 5.41) is 0. The quantitative estimate of drug-likeness (QED) is 0.515. The monoisotopic (exact) mass is 381 g/mol. The first-order chi connectivity index (χ1) is 12.6. The van der Waals surface area contributed by atoms with Crippen LogP contribution in [0.4, 0.5) is 0 Å². The molecule has 0 fully saturated rings. The fourth-order valence-corrected chi connectivity index (χ4v) is 2.04. The molecule has 0 saturated heterocycles. The molecule has 1 aromatic rings. The predicted octanol–water partition coefficient (Wildman–Crippen LogP) is 0.902. The Morgan fingerprint density at radius 1 is 0.963 bits per heavy atom. The van der Waals surface area contributed by atoms with Crippen LogP contribution in [0.5, 0.6) is 11.5 Å². The molecule has 0 amide bonds. The summed E-state index contributed by atoms with van der Waals surface area (Å²) in [6.07, 6.45) is -0.552. The first-order valence-electron chi connectivity index (χ1n) is 8.17. The molecule has 1 rings (SSSR count). The van der Waals surface area contributed by atoms with Gasteiger partial charge in [-0.3, -0.25) is 19.2 Å². The maximum Gasteiger partial charge on any atom is 0.323 e. The van der Waals surface area contributed by atoms with E-state index >= 15 is 0 Å². The summed E-state index contributed by atoms with van der Waals surface area (Å²) in [6, 6.07) is 3.49. The first-order valence-corrected chi connectivity index (χ1v) is 8.17. The third-order valence-corrected chi connectivity index (χ3v) is 3.11. The van der Waals surface area contributed by atoms with Crippen LogP contribution in [0.3, 0.4) is 0 Å². The molecular weight excluding hydrogens is 358 g/mol. The summed E-state index contributed by atoms with van der Waals surface area (Å²) < 4.78 is 19.9. The van der Waals surface area contributed by atoms with Gasteiger partial charge in [-0.1, -0.05) is 6.07 Å². The van der Waals surface area contributed by atoms with E-state index < -0.39 is 36.0 Å². The molecule has 0 saturated carbocycles. The van der Waals surface area contributed by atoms with E-state index in [1.807, 2.05) is 0 Å². The Hall–Kier alpha value is -2.94. The van der Waals surface area contributed by atoms with Crippen LogP contribution in [0.2, 0.25) is 0 Å². The van der Waals surface area contributed by atoms with Gasteiger partial charge in [0.2, 0.25) is 0 Å². The zero-order chi connectivity index (χ0) is 20.6. The average molecular weight is 381 g/mol. The number of carbonyl (C=O) groups excluding carboxylic acids is 4. The number of nitrogens with two attached hydrogens (primary N) is 1. The standard InChI is InChI=1S/C18H23NO8/c1-10(9-24-11(2)20)25-18(23)15(19)7-14-5-6-16(26-12(3)21)17(8-14)27-13(4)22/h5-6,8,10,15H,7,9,19H2,1-4H3/t10-,15+/m1/s1. The topological polar surface area (TPSA) is 131 Å². The lowest BCUT2D eigenvalue weighted by molar-refractivity contribution is -0.157. The minimum Gasteiger partial charge on any atom is -0.462 e. The molecule has 27 heavy (non-hydrogen) atoms. The summed E-state index contributed by atoms with van der Waals surface area (Å²) in [4.78, 5) is 45.1. The van der Waals surface area contributed by atoms with Crippen molar-refractivity contribution in [3.05, 3.63) is 23.8 Å². The minimum absolute atomic E-state index is 0.0407. The van der Waals surface area contributed by atoms with Crippen molar-refractivity contribution < 1.29 is 38.1 Å². The van der Waals surface area contributed by atoms with Gasteiger partial charge in [0.15, 0.2) is 11.5 Å². The van der Waals surface area contributed by atoms with Crippen molar-refractivity contribution in [1.29, 1.82) is 0 Å². The zero-order valence-corrected chi connectivity index (χ0v) is 15.6. The molecule has 0 bridgehead atoms. The van der Waals surface area contributed by atoms with E-state index in [0.29, 0.717) is 5.56 Å². The highest BCUT2D eigenvalue weighted by molar-refractivity contribution is 5.76. The van der Waals surface area contributed by atoms with Crippen molar-refractivity contribution >= 4 is 23.9 Å². The van der Waals surface area contributed by atoms with Crippen LogP contribution in [-0.2, 0) is 35.1 Å². The largest absolute Gasteiger partial charge is 0.462 e. The molecule has 0 radical (unpaired) electrons. The van der Waals surface area contributed by atoms with Gasteiger partial charge in [-0.25, -0.2) is 0 Å². The van der Waals surface area contributed by atoms with E-state index in [9.17, 15) is 19.2 Å². The number of hydrogen-bond acceptors (Lipinski definition) is 9. The Morgan fingerprint density at radius 3 is 2.11 bits per heavy atom. The highest BCUT2D eigenvalue weighted by Gasteiger charge is 2.20. The molecule has 2 N–H and O–H groups in total. The molecule has 9 nitrogen and oxygen atoms in total. The van der Waals surface area contributed by atoms with Crippen molar-refractivity contribution in [2.24, 2.45) is 5.73 Å². The van der Waals surface area contributed by atoms with E-state index in [1.54, 1.807) is 13.0 Å². The van der Waals surface area contributed by atoms with Crippen LogP contribution in [0, 0.1) is 0 Å². The Morgan fingerprint density at radius 2 is 1.56 bits per heavy atom. The lowest BCUT2D eigenvalue weighted by Crippen LogP contribution is -2.37. The van der Waals surface area contributed by atoms with Gasteiger partial charge in [-0.15, -0.1) is 0 Å². The molecule has 9 heteroatoms. The summed E-state index contributed by atoms with van der Waals surface area (Å²) in [7, 11) is 0. The van der Waals surface area contributed by atoms with Crippen LogP contribution in [0.15, 0.2) is 18.2 Å². The van der Waals surface area contributed by atoms with Crippen LogP contribution in [0.25, 0.3) is 0 Å². The van der Waals surface area contributed by atoms with Crippen LogP contribution >= 0.6 is 0 Å². The summed E-state index contributed by atoms with van der Waals surface area (Å²) in [6.45, 7) is 5.17. The number of hydrogen-bond donors (Lipinski definition) is 1. The highest BCUT2D eigenvalue weighted by atomic mass is 16.6. The number of benzene rings is 1. The Balaban J connectivity index is 2.78. The Labute approximate surface area is 156 Å². The fourth-order valence-electron chi connectivity index (χ4n) is 2.04. The highest BCUT2D eigenvalue weighted by Crippen LogP contribution is 2.29. The molecule has 0 heterocycles. The normalized spacial score (nSPS) is 12.5. The molecule has 0 aromatic heterocycles. The molecule has 148 valence electrons. The third-order valence-electron chi connectivity index (χ3n) is 3.11. The number of carbonyl (C=O) groups is 4. The van der Waals surface area contributed by atoms with Crippen molar-refractivity contribution in [3.8, 4) is 11.5 Å². The molecule has 0 aliphatic heterocycles. The summed E-state index contributed by atoms with van der Waals surface area (Å²) in [5.41, 5.74) is 6.42. The zero-order valence-electron chi connectivity index (χ0n) is 15.6. The third kappa shape index (κ3) is 8.32. The summed E-state index contributed by atoms with van der Waals surface area (Å²) >= 11 is 0. The van der Waals surface area contributed by atoms with Gasteiger partial charge in [0.1, 0.15) is 18.8 Å². The molecule has 0 spiro atoms. The van der Waals surface area contributed by atoms with E-state index in [-0.39, 0.29) is 24.5 Å². The lowest BCUT2D eigenvalue weighted by atomic mass is 10.1. The molecule has 0 unspecified atom stereocenters. The molecule has 1 aromatic carbocycles. The predicted molar refractivity (Wildman–Crippen MR) is 92.9 cm³/mol. The number of ether oxygens (including phenoxy) is 4.